The second kappa shape index (κ2) is 12.2. The third-order valence-electron chi connectivity index (χ3n) is 4.77. The molecule has 0 radical (unpaired) electrons. The van der Waals surface area contributed by atoms with Crippen molar-refractivity contribution >= 4 is 35.0 Å². The van der Waals surface area contributed by atoms with Crippen LogP contribution in [0.25, 0.3) is 0 Å². The molecule has 1 N–H and O–H groups in total. The van der Waals surface area contributed by atoms with Crippen molar-refractivity contribution in [1.82, 2.24) is 0 Å². The van der Waals surface area contributed by atoms with E-state index < -0.39 is 71.0 Å². The Bertz CT molecular complexity index is 1160. The molecule has 41 heavy (non-hydrogen) atoms. The van der Waals surface area contributed by atoms with E-state index in [0.717, 1.165) is 11.8 Å². The number of hydrogen-bond donors (Lipinski definition) is 1. The van der Waals surface area contributed by atoms with Crippen LogP contribution in [0.5, 0.6) is 5.06 Å². The summed E-state index contributed by atoms with van der Waals surface area (Å²) in [7, 11) is 0. The number of alkyl halides is 12. The van der Waals surface area contributed by atoms with Gasteiger partial charge >= 0.3 is 47.8 Å². The Kier molecular flexibility index (Phi) is 10.2. The van der Waals surface area contributed by atoms with Gasteiger partial charge in [0.1, 0.15) is 13.2 Å². The molecule has 0 bridgehead atoms. The maximum absolute atomic E-state index is 13.7. The number of thioether (sulfide) groups is 1. The first-order valence-corrected chi connectivity index (χ1v) is 12.2. The van der Waals surface area contributed by atoms with Crippen LogP contribution in [0.15, 0.2) is 47.4 Å². The summed E-state index contributed by atoms with van der Waals surface area (Å²) in [6, 6.07) is 8.79. The van der Waals surface area contributed by atoms with Gasteiger partial charge < -0.3 is 19.3 Å². The Balaban J connectivity index is 2.23. The first-order chi connectivity index (χ1) is 18.6. The highest BCUT2D eigenvalue weighted by atomic mass is 32.2. The number of carbonyl (C=O) groups is 2. The lowest BCUT2D eigenvalue weighted by Gasteiger charge is -2.34. The Labute approximate surface area is 229 Å². The van der Waals surface area contributed by atoms with Gasteiger partial charge in [0.2, 0.25) is 0 Å². The number of hydrogen-bond acceptors (Lipinski definition) is 8. The lowest BCUT2D eigenvalue weighted by atomic mass is 10.0. The molecule has 0 aliphatic carbocycles. The third kappa shape index (κ3) is 7.32. The van der Waals surface area contributed by atoms with Crippen LogP contribution in [0.4, 0.5) is 52.7 Å². The zero-order valence-electron chi connectivity index (χ0n) is 19.5. The van der Waals surface area contributed by atoms with Gasteiger partial charge in [0, 0.05) is 15.5 Å². The van der Waals surface area contributed by atoms with Crippen LogP contribution >= 0.6 is 23.1 Å². The van der Waals surface area contributed by atoms with Crippen LogP contribution in [-0.4, -0.2) is 65.3 Å². The SMILES string of the molecule is O=C(OCc1ccc(OC(C(=O)OCCSc2ccccc2)(C(F)(F)F)C(F)(F)F)s1)C(O)(C(F)(F)F)C(F)(F)F. The Morgan fingerprint density at radius 1 is 0.732 bits per heavy atom. The van der Waals surface area contributed by atoms with Gasteiger partial charge in [-0.3, -0.25) is 0 Å². The molecule has 0 saturated heterocycles. The quantitative estimate of drug-likeness (QED) is 0.141. The average molecular weight is 654 g/mol. The van der Waals surface area contributed by atoms with Crippen molar-refractivity contribution < 1.29 is 81.6 Å². The molecule has 2 rings (SSSR count). The Morgan fingerprint density at radius 3 is 1.76 bits per heavy atom. The highest BCUT2D eigenvalue weighted by Crippen LogP contribution is 2.48. The van der Waals surface area contributed by atoms with Crippen LogP contribution in [-0.2, 0) is 25.7 Å². The van der Waals surface area contributed by atoms with Gasteiger partial charge in [0.05, 0.1) is 0 Å². The molecule has 0 aliphatic heterocycles. The molecular formula is C21H14F12O6S2. The Hall–Kier alpha value is -2.87. The Morgan fingerprint density at radius 2 is 1.27 bits per heavy atom. The van der Waals surface area contributed by atoms with E-state index in [1.165, 1.54) is 0 Å². The maximum atomic E-state index is 13.7. The van der Waals surface area contributed by atoms with E-state index in [4.69, 9.17) is 5.11 Å². The smallest absolute Gasteiger partial charge is 0.449 e. The van der Waals surface area contributed by atoms with E-state index in [0.29, 0.717) is 17.0 Å². The van der Waals surface area contributed by atoms with E-state index >= 15 is 0 Å². The van der Waals surface area contributed by atoms with Gasteiger partial charge in [-0.15, -0.1) is 23.1 Å². The summed E-state index contributed by atoms with van der Waals surface area (Å²) < 4.78 is 171. The summed E-state index contributed by atoms with van der Waals surface area (Å²) >= 11 is 0.676. The van der Waals surface area contributed by atoms with Crippen LogP contribution in [0, 0.1) is 0 Å². The molecule has 0 fully saturated rings. The highest BCUT2D eigenvalue weighted by Gasteiger charge is 2.80. The number of rotatable bonds is 10. The van der Waals surface area contributed by atoms with Crippen LogP contribution in [0.3, 0.4) is 0 Å². The van der Waals surface area contributed by atoms with E-state index in [9.17, 15) is 62.3 Å². The number of esters is 2. The molecule has 0 aliphatic rings. The molecule has 20 heteroatoms. The van der Waals surface area contributed by atoms with Crippen LogP contribution in [0.2, 0.25) is 0 Å². The van der Waals surface area contributed by atoms with Gasteiger partial charge in [0.15, 0.2) is 5.06 Å². The first-order valence-electron chi connectivity index (χ1n) is 10.4. The summed E-state index contributed by atoms with van der Waals surface area (Å²) in [6.07, 6.45) is -26.2. The van der Waals surface area contributed by atoms with Crippen molar-refractivity contribution in [1.29, 1.82) is 0 Å². The van der Waals surface area contributed by atoms with Crippen molar-refractivity contribution in [2.45, 2.75) is 47.4 Å². The molecule has 0 spiro atoms. The zero-order chi connectivity index (χ0) is 31.5. The minimum atomic E-state index is -6.61. The van der Waals surface area contributed by atoms with Crippen molar-refractivity contribution in [3.05, 3.63) is 47.3 Å². The van der Waals surface area contributed by atoms with Crippen LogP contribution < -0.4 is 4.74 Å². The zero-order valence-corrected chi connectivity index (χ0v) is 21.1. The molecule has 2 aromatic rings. The van der Waals surface area contributed by atoms with Crippen LogP contribution in [0.1, 0.15) is 4.88 Å². The van der Waals surface area contributed by atoms with Crippen molar-refractivity contribution in [3.8, 4) is 5.06 Å². The van der Waals surface area contributed by atoms with E-state index in [1.807, 2.05) is 0 Å². The van der Waals surface area contributed by atoms with Crippen molar-refractivity contribution in [2.75, 3.05) is 12.4 Å². The fourth-order valence-electron chi connectivity index (χ4n) is 2.74. The summed E-state index contributed by atoms with van der Waals surface area (Å²) in [5, 5.41) is 7.58. The maximum Gasteiger partial charge on any atom is 0.449 e. The van der Waals surface area contributed by atoms with E-state index in [2.05, 4.69) is 14.2 Å². The largest absolute Gasteiger partial charge is 0.461 e. The predicted molar refractivity (Wildman–Crippen MR) is 115 cm³/mol. The molecule has 0 saturated carbocycles. The van der Waals surface area contributed by atoms with Gasteiger partial charge in [-0.05, 0) is 24.3 Å². The van der Waals surface area contributed by atoms with Crippen molar-refractivity contribution in [2.24, 2.45) is 0 Å². The number of aliphatic hydroxyl groups is 1. The molecule has 0 unspecified atom stereocenters. The summed E-state index contributed by atoms with van der Waals surface area (Å²) in [5.74, 6) is -6.45. The van der Waals surface area contributed by atoms with E-state index in [-0.39, 0.29) is 17.1 Å². The first kappa shape index (κ1) is 34.3. The summed E-state index contributed by atoms with van der Waals surface area (Å²) in [4.78, 5) is 23.4. The van der Waals surface area contributed by atoms with Gasteiger partial charge in [-0.25, -0.2) is 9.59 Å². The van der Waals surface area contributed by atoms with Crippen molar-refractivity contribution in [3.63, 3.8) is 0 Å². The monoisotopic (exact) mass is 654 g/mol. The number of carbonyl (C=O) groups excluding carboxylic acids is 2. The second-order valence-electron chi connectivity index (χ2n) is 7.58. The van der Waals surface area contributed by atoms with Gasteiger partial charge in [-0.1, -0.05) is 18.2 Å². The van der Waals surface area contributed by atoms with Gasteiger partial charge in [-0.2, -0.15) is 52.7 Å². The highest BCUT2D eigenvalue weighted by molar-refractivity contribution is 7.99. The fourth-order valence-corrected chi connectivity index (χ4v) is 4.30. The summed E-state index contributed by atoms with van der Waals surface area (Å²) in [6.45, 7) is -2.50. The standard InChI is InChI=1S/C21H14F12O6S2/c22-18(23,24)16(36,19(25,26)27)14(34)38-10-12-6-7-13(41-12)39-17(20(28,29)30,21(31,32)33)15(35)37-8-9-40-11-4-2-1-3-5-11/h1-7,36H,8-10H2. The number of benzene rings is 1. The molecule has 0 amide bonds. The molecule has 0 atom stereocenters. The number of halogens is 12. The number of thiophene rings is 1. The minimum Gasteiger partial charge on any atom is -0.461 e. The van der Waals surface area contributed by atoms with E-state index in [1.54, 1.807) is 30.3 Å². The summed E-state index contributed by atoms with van der Waals surface area (Å²) in [5.41, 5.74) is -11.6. The number of ether oxygens (including phenoxy) is 3. The topological polar surface area (TPSA) is 82.1 Å². The second-order valence-corrected chi connectivity index (χ2v) is 9.88. The average Bonchev–Trinajstić information content (AvgIpc) is 3.28. The molecule has 6 nitrogen and oxygen atoms in total. The predicted octanol–water partition coefficient (Wildman–Crippen LogP) is 6.22. The third-order valence-corrected chi connectivity index (χ3v) is 6.68. The lowest BCUT2D eigenvalue weighted by molar-refractivity contribution is -0.357. The molecule has 230 valence electrons. The minimum absolute atomic E-state index is 0.253. The molecule has 1 aromatic carbocycles. The fraction of sp³-hybridized carbons (Fsp3) is 0.429. The van der Waals surface area contributed by atoms with Gasteiger partial charge in [0.25, 0.3) is 0 Å². The molecule has 1 aromatic heterocycles. The lowest BCUT2D eigenvalue weighted by Crippen LogP contribution is -2.66. The molecule has 1 heterocycles. The normalized spacial score (nSPS) is 13.6. The molecular weight excluding hydrogens is 640 g/mol.